The molecule has 6 heteroatoms. The molecule has 2 saturated carbocycles. The van der Waals surface area contributed by atoms with Gasteiger partial charge in [0.1, 0.15) is 5.41 Å². The molecule has 2 atom stereocenters. The number of carbonyl (C=O) groups is 3. The Kier molecular flexibility index (Phi) is 2.77. The first-order valence-electron chi connectivity index (χ1n) is 8.04. The van der Waals surface area contributed by atoms with Crippen LogP contribution in [-0.2, 0) is 14.4 Å². The van der Waals surface area contributed by atoms with Crippen molar-refractivity contribution in [2.24, 2.45) is 16.2 Å². The summed E-state index contributed by atoms with van der Waals surface area (Å²) in [4.78, 5) is 38.2. The predicted molar refractivity (Wildman–Crippen MR) is 84.8 cm³/mol. The first-order valence-corrected chi connectivity index (χ1v) is 8.04. The standard InChI is InChI=1S/C18H19NO5/c1-16(2)17(3)6-7-18(16,14(21)13(17)20)15(22)19-10-4-5-11-12(8-10)24-9-23-11/h4-5,8H,6-7,9H2,1-3H3,(H,19,22)/t17-,18+/m0/s1. The number of fused-ring (bicyclic) bond motifs is 3. The van der Waals surface area contributed by atoms with Crippen molar-refractivity contribution in [1.82, 2.24) is 0 Å². The zero-order valence-electron chi connectivity index (χ0n) is 13.9. The molecule has 3 aliphatic rings. The Morgan fingerprint density at radius 1 is 1.04 bits per heavy atom. The van der Waals surface area contributed by atoms with Crippen LogP contribution in [0.15, 0.2) is 18.2 Å². The second-order valence-corrected chi connectivity index (χ2v) is 7.54. The average Bonchev–Trinajstić information content (AvgIpc) is 3.10. The summed E-state index contributed by atoms with van der Waals surface area (Å²) in [6.07, 6.45) is 0.955. The zero-order chi connectivity index (χ0) is 17.3. The van der Waals surface area contributed by atoms with Crippen LogP contribution in [0, 0.1) is 16.2 Å². The monoisotopic (exact) mass is 329 g/mol. The molecule has 1 aromatic carbocycles. The van der Waals surface area contributed by atoms with Gasteiger partial charge >= 0.3 is 0 Å². The summed E-state index contributed by atoms with van der Waals surface area (Å²) in [5, 5.41) is 2.81. The number of ether oxygens (including phenoxy) is 2. The van der Waals surface area contributed by atoms with Gasteiger partial charge in [-0.15, -0.1) is 0 Å². The van der Waals surface area contributed by atoms with E-state index in [9.17, 15) is 14.4 Å². The van der Waals surface area contributed by atoms with Gasteiger partial charge in [-0.25, -0.2) is 0 Å². The summed E-state index contributed by atoms with van der Waals surface area (Å²) in [6, 6.07) is 5.07. The predicted octanol–water partition coefficient (Wildman–Crippen LogP) is 2.32. The molecule has 1 heterocycles. The minimum atomic E-state index is -1.30. The largest absolute Gasteiger partial charge is 0.454 e. The van der Waals surface area contributed by atoms with E-state index in [0.717, 1.165) is 0 Å². The van der Waals surface area contributed by atoms with E-state index in [-0.39, 0.29) is 6.79 Å². The maximum atomic E-state index is 13.1. The number of carbonyl (C=O) groups excluding carboxylic acids is 3. The Bertz CT molecular complexity index is 799. The fourth-order valence-electron chi connectivity index (χ4n) is 4.49. The second kappa shape index (κ2) is 4.37. The van der Waals surface area contributed by atoms with Crippen molar-refractivity contribution in [3.05, 3.63) is 18.2 Å². The molecule has 0 aromatic heterocycles. The molecule has 2 bridgehead atoms. The Hall–Kier alpha value is -2.37. The number of hydrogen-bond donors (Lipinski definition) is 1. The third-order valence-corrected chi connectivity index (χ3v) is 6.56. The van der Waals surface area contributed by atoms with Gasteiger partial charge in [0.15, 0.2) is 11.5 Å². The molecule has 6 nitrogen and oxygen atoms in total. The molecule has 1 aromatic rings. The van der Waals surface area contributed by atoms with Crippen molar-refractivity contribution in [3.8, 4) is 11.5 Å². The number of Topliss-reactive ketones (excluding diaryl/α,β-unsaturated/α-hetero) is 2. The van der Waals surface area contributed by atoms with E-state index in [0.29, 0.717) is 30.0 Å². The molecule has 24 heavy (non-hydrogen) atoms. The topological polar surface area (TPSA) is 81.7 Å². The summed E-state index contributed by atoms with van der Waals surface area (Å²) < 4.78 is 10.6. The maximum absolute atomic E-state index is 13.1. The number of ketones is 2. The van der Waals surface area contributed by atoms with Gasteiger partial charge in [-0.3, -0.25) is 14.4 Å². The minimum Gasteiger partial charge on any atom is -0.454 e. The summed E-state index contributed by atoms with van der Waals surface area (Å²) >= 11 is 0. The number of hydrogen-bond acceptors (Lipinski definition) is 5. The molecule has 0 spiro atoms. The lowest BCUT2D eigenvalue weighted by Gasteiger charge is -2.37. The minimum absolute atomic E-state index is 0.148. The SMILES string of the molecule is CC1(C)[C@]2(C(=O)Nc3ccc4c(c3)OCO4)CC[C@@]1(C)C(=O)C2=O. The van der Waals surface area contributed by atoms with Crippen molar-refractivity contribution in [2.45, 2.75) is 33.6 Å². The molecule has 2 aliphatic carbocycles. The summed E-state index contributed by atoms with van der Waals surface area (Å²) in [5.74, 6) is -0.216. The molecule has 0 radical (unpaired) electrons. The molecule has 1 amide bonds. The highest BCUT2D eigenvalue weighted by Gasteiger charge is 2.77. The van der Waals surface area contributed by atoms with Gasteiger partial charge in [0, 0.05) is 17.2 Å². The van der Waals surface area contributed by atoms with E-state index in [1.807, 2.05) is 13.8 Å². The number of amides is 1. The average molecular weight is 329 g/mol. The number of anilines is 1. The van der Waals surface area contributed by atoms with Gasteiger partial charge < -0.3 is 14.8 Å². The fraction of sp³-hybridized carbons (Fsp3) is 0.500. The van der Waals surface area contributed by atoms with Crippen LogP contribution in [-0.4, -0.2) is 24.3 Å². The Morgan fingerprint density at radius 3 is 2.42 bits per heavy atom. The van der Waals surface area contributed by atoms with Crippen LogP contribution >= 0.6 is 0 Å². The smallest absolute Gasteiger partial charge is 0.239 e. The lowest BCUT2D eigenvalue weighted by molar-refractivity contribution is -0.147. The molecule has 0 saturated heterocycles. The summed E-state index contributed by atoms with van der Waals surface area (Å²) in [5.41, 5.74) is -2.25. The highest BCUT2D eigenvalue weighted by Crippen LogP contribution is 2.69. The Labute approximate surface area is 139 Å². The molecular weight excluding hydrogens is 310 g/mol. The first kappa shape index (κ1) is 15.2. The fourth-order valence-corrected chi connectivity index (χ4v) is 4.49. The molecule has 1 N–H and O–H groups in total. The molecule has 4 rings (SSSR count). The van der Waals surface area contributed by atoms with Gasteiger partial charge in [-0.1, -0.05) is 20.8 Å². The number of rotatable bonds is 2. The van der Waals surface area contributed by atoms with Crippen LogP contribution in [0.2, 0.25) is 0 Å². The van der Waals surface area contributed by atoms with Crippen molar-refractivity contribution in [3.63, 3.8) is 0 Å². The van der Waals surface area contributed by atoms with Gasteiger partial charge in [0.05, 0.1) is 0 Å². The Balaban J connectivity index is 1.69. The van der Waals surface area contributed by atoms with E-state index in [1.165, 1.54) is 0 Å². The van der Waals surface area contributed by atoms with E-state index >= 15 is 0 Å². The summed E-state index contributed by atoms with van der Waals surface area (Å²) in [7, 11) is 0. The third-order valence-electron chi connectivity index (χ3n) is 6.56. The van der Waals surface area contributed by atoms with E-state index in [2.05, 4.69) is 5.32 Å². The normalized spacial score (nSPS) is 32.3. The van der Waals surface area contributed by atoms with E-state index < -0.39 is 33.7 Å². The highest BCUT2D eigenvalue weighted by atomic mass is 16.7. The maximum Gasteiger partial charge on any atom is 0.239 e. The Morgan fingerprint density at radius 2 is 1.75 bits per heavy atom. The first-order chi connectivity index (χ1) is 11.2. The van der Waals surface area contributed by atoms with Crippen molar-refractivity contribution >= 4 is 23.2 Å². The lowest BCUT2D eigenvalue weighted by Crippen LogP contribution is -2.47. The molecule has 2 fully saturated rings. The van der Waals surface area contributed by atoms with Crippen LogP contribution in [0.25, 0.3) is 0 Å². The van der Waals surface area contributed by atoms with Crippen LogP contribution in [0.3, 0.4) is 0 Å². The van der Waals surface area contributed by atoms with Crippen molar-refractivity contribution in [1.29, 1.82) is 0 Å². The summed E-state index contributed by atoms with van der Waals surface area (Å²) in [6.45, 7) is 5.65. The van der Waals surface area contributed by atoms with Crippen LogP contribution in [0.4, 0.5) is 5.69 Å². The molecule has 1 aliphatic heterocycles. The van der Waals surface area contributed by atoms with Crippen LogP contribution < -0.4 is 14.8 Å². The van der Waals surface area contributed by atoms with Gasteiger partial charge in [-0.2, -0.15) is 0 Å². The quantitative estimate of drug-likeness (QED) is 0.665. The molecule has 126 valence electrons. The van der Waals surface area contributed by atoms with Crippen molar-refractivity contribution in [2.75, 3.05) is 12.1 Å². The van der Waals surface area contributed by atoms with Gasteiger partial charge in [-0.05, 0) is 30.4 Å². The van der Waals surface area contributed by atoms with E-state index in [1.54, 1.807) is 25.1 Å². The molecule has 0 unspecified atom stereocenters. The number of benzene rings is 1. The highest BCUT2D eigenvalue weighted by molar-refractivity contribution is 6.49. The van der Waals surface area contributed by atoms with Gasteiger partial charge in [0.2, 0.25) is 24.3 Å². The second-order valence-electron chi connectivity index (χ2n) is 7.54. The lowest BCUT2D eigenvalue weighted by atomic mass is 9.64. The van der Waals surface area contributed by atoms with Gasteiger partial charge in [0.25, 0.3) is 0 Å². The van der Waals surface area contributed by atoms with Crippen LogP contribution in [0.1, 0.15) is 33.6 Å². The molecular formula is C18H19NO5. The number of nitrogens with one attached hydrogen (secondary N) is 1. The van der Waals surface area contributed by atoms with E-state index in [4.69, 9.17) is 9.47 Å². The zero-order valence-corrected chi connectivity index (χ0v) is 13.9. The van der Waals surface area contributed by atoms with Crippen LogP contribution in [0.5, 0.6) is 11.5 Å². The van der Waals surface area contributed by atoms with Crippen molar-refractivity contribution < 1.29 is 23.9 Å². The third kappa shape index (κ3) is 1.49.